The van der Waals surface area contributed by atoms with E-state index in [1.165, 1.54) is 6.42 Å². The van der Waals surface area contributed by atoms with Crippen molar-refractivity contribution in [2.45, 2.75) is 44.6 Å². The van der Waals surface area contributed by atoms with Crippen LogP contribution in [0.25, 0.3) is 0 Å². The molecule has 19 heavy (non-hydrogen) atoms. The molecular formula is C9H24N6O2P2. The summed E-state index contributed by atoms with van der Waals surface area (Å²) in [7, 11) is -5.97. The molecule has 8 nitrogen and oxygen atoms in total. The third kappa shape index (κ3) is 8.55. The molecule has 0 saturated heterocycles. The van der Waals surface area contributed by atoms with Crippen molar-refractivity contribution in [2.75, 3.05) is 0 Å². The summed E-state index contributed by atoms with van der Waals surface area (Å²) < 4.78 is 21.4. The molecule has 0 unspecified atom stereocenters. The Bertz CT molecular complexity index is 411. The summed E-state index contributed by atoms with van der Waals surface area (Å²) in [5.74, 6) is 0. The molecule has 2 aliphatic rings. The number of hydrogen-bond acceptors (Lipinski definition) is 2. The Hall–Kier alpha value is -0.200. The fourth-order valence-corrected chi connectivity index (χ4v) is 3.30. The first-order valence-corrected chi connectivity index (χ1v) is 9.94. The van der Waals surface area contributed by atoms with E-state index in [9.17, 15) is 9.13 Å². The molecule has 0 aromatic carbocycles. The van der Waals surface area contributed by atoms with E-state index in [0.29, 0.717) is 6.04 Å². The van der Waals surface area contributed by atoms with E-state index in [0.717, 1.165) is 37.8 Å². The van der Waals surface area contributed by atoms with Gasteiger partial charge in [0, 0.05) is 11.7 Å². The number of nitrogens with one attached hydrogen (secondary N) is 2. The molecule has 2 rings (SSSR count). The molecule has 0 aromatic heterocycles. The van der Waals surface area contributed by atoms with E-state index >= 15 is 0 Å². The minimum Gasteiger partial charge on any atom is -0.317 e. The molecule has 0 heterocycles. The lowest BCUT2D eigenvalue weighted by Crippen LogP contribution is -2.37. The largest absolute Gasteiger partial charge is 0.317 e. The average molecular weight is 310 g/mol. The lowest BCUT2D eigenvalue weighted by atomic mass is 9.94. The number of rotatable bonds is 4. The van der Waals surface area contributed by atoms with Crippen LogP contribution in [0.4, 0.5) is 0 Å². The summed E-state index contributed by atoms with van der Waals surface area (Å²) in [5, 5.41) is 5.26. The zero-order chi connectivity index (χ0) is 14.5. The van der Waals surface area contributed by atoms with Gasteiger partial charge in [-0.3, -0.25) is 31.1 Å². The Balaban J connectivity index is 0.000000191. The highest BCUT2D eigenvalue weighted by atomic mass is 31.2. The molecule has 1 saturated carbocycles. The predicted octanol–water partition coefficient (Wildman–Crippen LogP) is 0.823. The van der Waals surface area contributed by atoms with Crippen LogP contribution >= 0.6 is 15.2 Å². The lowest BCUT2D eigenvalue weighted by molar-refractivity contribution is 0.383. The highest BCUT2D eigenvalue weighted by Crippen LogP contribution is 2.28. The van der Waals surface area contributed by atoms with Gasteiger partial charge in [0.05, 0.1) is 0 Å². The first-order chi connectivity index (χ1) is 8.66. The van der Waals surface area contributed by atoms with Gasteiger partial charge < -0.3 is 5.09 Å². The Morgan fingerprint density at radius 3 is 1.95 bits per heavy atom. The van der Waals surface area contributed by atoms with E-state index in [1.54, 1.807) is 0 Å². The molecule has 1 fully saturated rings. The summed E-state index contributed by atoms with van der Waals surface area (Å²) in [4.78, 5) is 0. The molecule has 0 bridgehead atoms. The van der Waals surface area contributed by atoms with Crippen LogP contribution in [0.1, 0.15) is 38.5 Å². The second kappa shape index (κ2) is 6.99. The van der Waals surface area contributed by atoms with Crippen molar-refractivity contribution in [3.63, 3.8) is 0 Å². The molecule has 0 atom stereocenters. The number of nitrogens with two attached hydrogens (primary N) is 4. The number of hydrogen-bond donors (Lipinski definition) is 6. The van der Waals surface area contributed by atoms with E-state index in [-0.39, 0.29) is 0 Å². The van der Waals surface area contributed by atoms with E-state index < -0.39 is 15.2 Å². The van der Waals surface area contributed by atoms with Gasteiger partial charge in [0.2, 0.25) is 0 Å². The quantitative estimate of drug-likeness (QED) is 0.416. The van der Waals surface area contributed by atoms with Crippen molar-refractivity contribution in [3.8, 4) is 0 Å². The van der Waals surface area contributed by atoms with Gasteiger partial charge >= 0.3 is 0 Å². The molecule has 0 radical (unpaired) electrons. The van der Waals surface area contributed by atoms with E-state index in [4.69, 9.17) is 22.0 Å². The molecule has 112 valence electrons. The van der Waals surface area contributed by atoms with Crippen LogP contribution < -0.4 is 32.2 Å². The molecule has 10 heteroatoms. The lowest BCUT2D eigenvalue weighted by Gasteiger charge is -2.27. The zero-order valence-electron chi connectivity index (χ0n) is 10.9. The molecule has 0 spiro atoms. The average Bonchev–Trinajstić information content (AvgIpc) is 2.61. The van der Waals surface area contributed by atoms with Gasteiger partial charge in [0.25, 0.3) is 15.2 Å². The number of allylic oxidation sites excluding steroid dienone is 2. The third-order valence-electron chi connectivity index (χ3n) is 2.85. The Labute approximate surface area is 113 Å². The molecule has 0 amide bonds. The first-order valence-electron chi connectivity index (χ1n) is 6.25. The topological polar surface area (TPSA) is 162 Å². The molecular weight excluding hydrogens is 286 g/mol. The van der Waals surface area contributed by atoms with E-state index in [2.05, 4.69) is 10.2 Å². The summed E-state index contributed by atoms with van der Waals surface area (Å²) in [6, 6.07) is 0.311. The molecule has 0 aliphatic heterocycles. The van der Waals surface area contributed by atoms with Gasteiger partial charge in [-0.05, 0) is 32.1 Å². The summed E-state index contributed by atoms with van der Waals surface area (Å²) in [6.07, 6.45) is 8.32. The van der Waals surface area contributed by atoms with Gasteiger partial charge in [-0.25, -0.2) is 5.09 Å². The van der Waals surface area contributed by atoms with Crippen molar-refractivity contribution in [3.05, 3.63) is 11.8 Å². The van der Waals surface area contributed by atoms with Crippen LogP contribution in [-0.4, -0.2) is 6.04 Å². The fourth-order valence-electron chi connectivity index (χ4n) is 1.82. The van der Waals surface area contributed by atoms with Crippen LogP contribution in [0.3, 0.4) is 0 Å². The second-order valence-electron chi connectivity index (χ2n) is 4.91. The summed E-state index contributed by atoms with van der Waals surface area (Å²) >= 11 is 0. The zero-order valence-corrected chi connectivity index (χ0v) is 12.7. The van der Waals surface area contributed by atoms with Crippen molar-refractivity contribution < 1.29 is 9.13 Å². The second-order valence-corrected chi connectivity index (χ2v) is 8.23. The highest BCUT2D eigenvalue weighted by molar-refractivity contribution is 7.57. The normalized spacial score (nSPS) is 20.1. The monoisotopic (exact) mass is 310 g/mol. The summed E-state index contributed by atoms with van der Waals surface area (Å²) in [6.45, 7) is 0. The van der Waals surface area contributed by atoms with Gasteiger partial charge in [0.15, 0.2) is 0 Å². The van der Waals surface area contributed by atoms with Crippen molar-refractivity contribution in [1.29, 1.82) is 0 Å². The van der Waals surface area contributed by atoms with Crippen LogP contribution in [0.5, 0.6) is 0 Å². The smallest absolute Gasteiger partial charge is 0.297 e. The maximum absolute atomic E-state index is 10.8. The molecule has 0 aromatic rings. The first kappa shape index (κ1) is 16.9. The van der Waals surface area contributed by atoms with Crippen LogP contribution in [0.2, 0.25) is 0 Å². The predicted molar refractivity (Wildman–Crippen MR) is 77.8 cm³/mol. The SMILES string of the molecule is NP(N)(=O)NC1=CCCC1.NP(N)(=O)NC1CCC1. The van der Waals surface area contributed by atoms with Gasteiger partial charge in [-0.2, -0.15) is 0 Å². The van der Waals surface area contributed by atoms with Crippen LogP contribution in [-0.2, 0) is 9.13 Å². The van der Waals surface area contributed by atoms with Gasteiger partial charge in [-0.15, -0.1) is 0 Å². The third-order valence-corrected chi connectivity index (χ3v) is 4.25. The van der Waals surface area contributed by atoms with Crippen molar-refractivity contribution in [1.82, 2.24) is 10.2 Å². The standard InChI is InChI=1S/C5H12N3OP.C4H12N3OP/c6-10(7,9)8-5-3-1-2-4-5;5-9(6,8)7-4-2-1-3-4/h3H,1-2,4H2,(H5,6,7,8,9);4H,1-3H2,(H5,5,6,7,8). The van der Waals surface area contributed by atoms with Gasteiger partial charge in [0.1, 0.15) is 0 Å². The van der Waals surface area contributed by atoms with Crippen molar-refractivity contribution >= 4 is 15.2 Å². The Morgan fingerprint density at radius 1 is 1.05 bits per heavy atom. The summed E-state index contributed by atoms with van der Waals surface area (Å²) in [5.41, 5.74) is 21.3. The minimum atomic E-state index is -3.03. The Kier molecular flexibility index (Phi) is 6.20. The van der Waals surface area contributed by atoms with E-state index in [1.807, 2.05) is 6.08 Å². The maximum Gasteiger partial charge on any atom is 0.297 e. The minimum absolute atomic E-state index is 0.311. The van der Waals surface area contributed by atoms with Crippen molar-refractivity contribution in [2.24, 2.45) is 22.0 Å². The fraction of sp³-hybridized carbons (Fsp3) is 0.778. The van der Waals surface area contributed by atoms with Gasteiger partial charge in [-0.1, -0.05) is 12.5 Å². The molecule has 2 aliphatic carbocycles. The molecule has 10 N–H and O–H groups in total. The highest BCUT2D eigenvalue weighted by Gasteiger charge is 2.22. The van der Waals surface area contributed by atoms with Crippen LogP contribution in [0.15, 0.2) is 11.8 Å². The van der Waals surface area contributed by atoms with Crippen LogP contribution in [0, 0.1) is 0 Å². The Morgan fingerprint density at radius 2 is 1.68 bits per heavy atom. The maximum atomic E-state index is 10.8.